The van der Waals surface area contributed by atoms with Crippen molar-refractivity contribution in [1.29, 1.82) is 0 Å². The summed E-state index contributed by atoms with van der Waals surface area (Å²) in [5.41, 5.74) is 7.02. The Morgan fingerprint density at radius 1 is 1.57 bits per heavy atom. The fourth-order valence-electron chi connectivity index (χ4n) is 1.34. The van der Waals surface area contributed by atoms with Gasteiger partial charge in [-0.25, -0.2) is 0 Å². The van der Waals surface area contributed by atoms with Crippen molar-refractivity contribution in [1.82, 2.24) is 4.98 Å². The maximum atomic E-state index is 5.88. The monoisotopic (exact) mass is 190 g/mol. The third-order valence-corrected chi connectivity index (χ3v) is 2.09. The molecule has 2 heteroatoms. The second-order valence-corrected chi connectivity index (χ2v) is 3.47. The van der Waals surface area contributed by atoms with Gasteiger partial charge in [0, 0.05) is 18.4 Å². The second kappa shape index (κ2) is 6.33. The van der Waals surface area contributed by atoms with Crippen LogP contribution in [-0.2, 0) is 0 Å². The number of aromatic nitrogens is 1. The maximum absolute atomic E-state index is 5.88. The fraction of sp³-hybridized carbons (Fsp3) is 0.417. The molecule has 1 rings (SSSR count). The van der Waals surface area contributed by atoms with E-state index in [-0.39, 0.29) is 0 Å². The highest BCUT2D eigenvalue weighted by molar-refractivity contribution is 5.47. The highest BCUT2D eigenvalue weighted by Crippen LogP contribution is 2.03. The number of nitrogens with two attached hydrogens (primary N) is 1. The van der Waals surface area contributed by atoms with Crippen molar-refractivity contribution in [3.05, 3.63) is 36.2 Å². The number of pyridine rings is 1. The lowest BCUT2D eigenvalue weighted by Gasteiger charge is -2.05. The summed E-state index contributed by atoms with van der Waals surface area (Å²) >= 11 is 0. The minimum atomic E-state index is 0.299. The van der Waals surface area contributed by atoms with E-state index in [4.69, 9.17) is 5.73 Å². The van der Waals surface area contributed by atoms with Crippen molar-refractivity contribution in [3.63, 3.8) is 0 Å². The predicted molar refractivity (Wildman–Crippen MR) is 60.8 cm³/mol. The van der Waals surface area contributed by atoms with Crippen molar-refractivity contribution in [2.75, 3.05) is 0 Å². The molecule has 0 amide bonds. The van der Waals surface area contributed by atoms with Crippen molar-refractivity contribution in [3.8, 4) is 0 Å². The quantitative estimate of drug-likeness (QED) is 0.775. The van der Waals surface area contributed by atoms with Gasteiger partial charge in [-0.1, -0.05) is 31.6 Å². The third-order valence-electron chi connectivity index (χ3n) is 2.09. The van der Waals surface area contributed by atoms with Crippen molar-refractivity contribution in [2.45, 2.75) is 32.2 Å². The van der Waals surface area contributed by atoms with E-state index in [9.17, 15) is 0 Å². The summed E-state index contributed by atoms with van der Waals surface area (Å²) in [6.07, 6.45) is 11.0. The Morgan fingerprint density at radius 3 is 3.07 bits per heavy atom. The Balaban J connectivity index is 2.34. The van der Waals surface area contributed by atoms with Gasteiger partial charge in [-0.05, 0) is 24.5 Å². The van der Waals surface area contributed by atoms with Crippen molar-refractivity contribution >= 4 is 6.08 Å². The van der Waals surface area contributed by atoms with Gasteiger partial charge in [0.2, 0.25) is 0 Å². The van der Waals surface area contributed by atoms with E-state index < -0.39 is 0 Å². The first-order valence-electron chi connectivity index (χ1n) is 5.15. The van der Waals surface area contributed by atoms with Gasteiger partial charge in [0.15, 0.2) is 0 Å². The molecule has 1 heterocycles. The van der Waals surface area contributed by atoms with Crippen LogP contribution in [0.25, 0.3) is 6.08 Å². The third kappa shape index (κ3) is 4.19. The molecule has 0 fully saturated rings. The SMILES string of the molecule is CCCC(N)CC=Cc1cccnc1. The summed E-state index contributed by atoms with van der Waals surface area (Å²) < 4.78 is 0. The highest BCUT2D eigenvalue weighted by Gasteiger charge is 1.96. The highest BCUT2D eigenvalue weighted by atomic mass is 14.6. The Labute approximate surface area is 85.9 Å². The Bertz CT molecular complexity index is 267. The molecule has 0 aromatic carbocycles. The molecule has 0 radical (unpaired) electrons. The van der Waals surface area contributed by atoms with Gasteiger partial charge in [0.1, 0.15) is 0 Å². The molecule has 76 valence electrons. The minimum Gasteiger partial charge on any atom is -0.327 e. The minimum absolute atomic E-state index is 0.299. The molecule has 1 aromatic heterocycles. The van der Waals surface area contributed by atoms with Gasteiger partial charge >= 0.3 is 0 Å². The standard InChI is InChI=1S/C12H18N2/c1-2-5-12(13)8-3-6-11-7-4-9-14-10-11/h3-4,6-7,9-10,12H,2,5,8,13H2,1H3. The molecule has 0 aliphatic heterocycles. The van der Waals surface area contributed by atoms with Crippen LogP contribution in [0.5, 0.6) is 0 Å². The molecule has 2 nitrogen and oxygen atoms in total. The van der Waals surface area contributed by atoms with Crippen LogP contribution in [-0.4, -0.2) is 11.0 Å². The van der Waals surface area contributed by atoms with E-state index in [1.807, 2.05) is 18.3 Å². The van der Waals surface area contributed by atoms with Crippen LogP contribution >= 0.6 is 0 Å². The van der Waals surface area contributed by atoms with E-state index in [0.717, 1.165) is 24.8 Å². The first-order chi connectivity index (χ1) is 6.83. The summed E-state index contributed by atoms with van der Waals surface area (Å²) in [7, 11) is 0. The summed E-state index contributed by atoms with van der Waals surface area (Å²) in [5, 5.41) is 0. The molecule has 0 saturated heterocycles. The lowest BCUT2D eigenvalue weighted by molar-refractivity contribution is 0.611. The Morgan fingerprint density at radius 2 is 2.43 bits per heavy atom. The fourth-order valence-corrected chi connectivity index (χ4v) is 1.34. The number of hydrogen-bond donors (Lipinski definition) is 1. The first kappa shape index (κ1) is 10.9. The Kier molecular flexibility index (Phi) is 4.94. The zero-order valence-corrected chi connectivity index (χ0v) is 8.69. The molecule has 1 aromatic rings. The van der Waals surface area contributed by atoms with Gasteiger partial charge in [-0.2, -0.15) is 0 Å². The summed E-state index contributed by atoms with van der Waals surface area (Å²) in [5.74, 6) is 0. The van der Waals surface area contributed by atoms with Crippen LogP contribution in [0.1, 0.15) is 31.7 Å². The predicted octanol–water partition coefficient (Wildman–Crippen LogP) is 2.61. The van der Waals surface area contributed by atoms with Gasteiger partial charge < -0.3 is 5.73 Å². The molecule has 2 N–H and O–H groups in total. The van der Waals surface area contributed by atoms with E-state index in [0.29, 0.717) is 6.04 Å². The lowest BCUT2D eigenvalue weighted by atomic mass is 10.1. The number of rotatable bonds is 5. The lowest BCUT2D eigenvalue weighted by Crippen LogP contribution is -2.17. The Hall–Kier alpha value is -1.15. The van der Waals surface area contributed by atoms with Crippen LogP contribution in [0.4, 0.5) is 0 Å². The van der Waals surface area contributed by atoms with Crippen molar-refractivity contribution in [2.24, 2.45) is 5.73 Å². The van der Waals surface area contributed by atoms with Crippen LogP contribution in [0, 0.1) is 0 Å². The van der Waals surface area contributed by atoms with E-state index in [1.165, 1.54) is 0 Å². The van der Waals surface area contributed by atoms with E-state index in [2.05, 4.69) is 24.1 Å². The van der Waals surface area contributed by atoms with E-state index >= 15 is 0 Å². The second-order valence-electron chi connectivity index (χ2n) is 3.47. The van der Waals surface area contributed by atoms with E-state index in [1.54, 1.807) is 6.20 Å². The first-order valence-corrected chi connectivity index (χ1v) is 5.15. The molecule has 0 aliphatic rings. The summed E-state index contributed by atoms with van der Waals surface area (Å²) in [6.45, 7) is 2.16. The number of hydrogen-bond acceptors (Lipinski definition) is 2. The van der Waals surface area contributed by atoms with Gasteiger partial charge in [0.05, 0.1) is 0 Å². The zero-order valence-electron chi connectivity index (χ0n) is 8.69. The van der Waals surface area contributed by atoms with Crippen LogP contribution in [0.15, 0.2) is 30.6 Å². The number of nitrogens with zero attached hydrogens (tertiary/aromatic N) is 1. The zero-order chi connectivity index (χ0) is 10.2. The molecule has 1 atom stereocenters. The van der Waals surface area contributed by atoms with Gasteiger partial charge in [-0.15, -0.1) is 0 Å². The maximum Gasteiger partial charge on any atom is 0.0340 e. The molecule has 0 aliphatic carbocycles. The molecule has 14 heavy (non-hydrogen) atoms. The molecule has 1 unspecified atom stereocenters. The molecule has 0 saturated carbocycles. The molecular weight excluding hydrogens is 172 g/mol. The molecular formula is C12H18N2. The average Bonchev–Trinajstić information content (AvgIpc) is 2.20. The molecule has 0 spiro atoms. The summed E-state index contributed by atoms with van der Waals surface area (Å²) in [4.78, 5) is 4.04. The smallest absolute Gasteiger partial charge is 0.0340 e. The average molecular weight is 190 g/mol. The largest absolute Gasteiger partial charge is 0.327 e. The normalized spacial score (nSPS) is 13.3. The molecule has 0 bridgehead atoms. The van der Waals surface area contributed by atoms with Crippen LogP contribution in [0.2, 0.25) is 0 Å². The topological polar surface area (TPSA) is 38.9 Å². The van der Waals surface area contributed by atoms with Crippen LogP contribution in [0.3, 0.4) is 0 Å². The van der Waals surface area contributed by atoms with Crippen molar-refractivity contribution < 1.29 is 0 Å². The van der Waals surface area contributed by atoms with Crippen LogP contribution < -0.4 is 5.73 Å². The van der Waals surface area contributed by atoms with Gasteiger partial charge in [-0.3, -0.25) is 4.98 Å². The van der Waals surface area contributed by atoms with Gasteiger partial charge in [0.25, 0.3) is 0 Å². The summed E-state index contributed by atoms with van der Waals surface area (Å²) in [6, 6.07) is 4.27.